The van der Waals surface area contributed by atoms with Crippen molar-refractivity contribution >= 4 is 0 Å². The Bertz CT molecular complexity index is 931. The molecule has 2 saturated carbocycles. The summed E-state index contributed by atoms with van der Waals surface area (Å²) in [6, 6.07) is 15.4. The minimum absolute atomic E-state index is 0.00622. The van der Waals surface area contributed by atoms with Gasteiger partial charge in [0, 0.05) is 0 Å². The van der Waals surface area contributed by atoms with E-state index in [1.165, 1.54) is 62.5 Å². The number of hydrogen-bond donors (Lipinski definition) is 0. The van der Waals surface area contributed by atoms with Gasteiger partial charge in [0.05, 0.1) is 12.2 Å². The Morgan fingerprint density at radius 1 is 0.806 bits per heavy atom. The molecule has 0 bridgehead atoms. The first-order valence-electron chi connectivity index (χ1n) is 14.3. The van der Waals surface area contributed by atoms with E-state index in [1.54, 1.807) is 12.1 Å². The molecule has 36 heavy (non-hydrogen) atoms. The Balaban J connectivity index is 1.22. The van der Waals surface area contributed by atoms with Gasteiger partial charge in [-0.1, -0.05) is 80.4 Å². The van der Waals surface area contributed by atoms with Crippen LogP contribution in [0.2, 0.25) is 0 Å². The molecule has 0 amide bonds. The van der Waals surface area contributed by atoms with Gasteiger partial charge in [-0.05, 0) is 105 Å². The molecule has 0 heterocycles. The number of allylic oxidation sites excluding steroid dienone is 2. The van der Waals surface area contributed by atoms with Crippen LogP contribution >= 0.6 is 0 Å². The van der Waals surface area contributed by atoms with Gasteiger partial charge >= 0.3 is 6.11 Å². The number of alkyl halides is 2. The van der Waals surface area contributed by atoms with E-state index in [4.69, 9.17) is 4.74 Å². The molecule has 196 valence electrons. The maximum Gasteiger partial charge on any atom is 0.383 e. The van der Waals surface area contributed by atoms with Crippen molar-refractivity contribution in [3.63, 3.8) is 0 Å². The van der Waals surface area contributed by atoms with Crippen molar-refractivity contribution in [2.75, 3.05) is 6.61 Å². The molecule has 1 nitrogen and oxygen atoms in total. The molecule has 4 rings (SSSR count). The van der Waals surface area contributed by atoms with Gasteiger partial charge < -0.3 is 4.74 Å². The van der Waals surface area contributed by atoms with Gasteiger partial charge in [-0.25, -0.2) is 0 Å². The Morgan fingerprint density at radius 3 is 1.94 bits per heavy atom. The topological polar surface area (TPSA) is 9.23 Å². The zero-order valence-electron chi connectivity index (χ0n) is 22.2. The fourth-order valence-electron chi connectivity index (χ4n) is 6.16. The minimum atomic E-state index is -3.26. The van der Waals surface area contributed by atoms with Crippen LogP contribution in [0.1, 0.15) is 112 Å². The summed E-state index contributed by atoms with van der Waals surface area (Å²) in [5.41, 5.74) is 3.58. The Morgan fingerprint density at radius 2 is 1.36 bits per heavy atom. The summed E-state index contributed by atoms with van der Waals surface area (Å²) in [4.78, 5) is 0. The zero-order valence-corrected chi connectivity index (χ0v) is 22.2. The third-order valence-corrected chi connectivity index (χ3v) is 8.68. The predicted molar refractivity (Wildman–Crippen MR) is 146 cm³/mol. The number of benzene rings is 2. The van der Waals surface area contributed by atoms with E-state index >= 15 is 0 Å². The molecule has 0 aliphatic heterocycles. The molecule has 3 heteroatoms. The third-order valence-electron chi connectivity index (χ3n) is 8.68. The van der Waals surface area contributed by atoms with E-state index in [1.807, 2.05) is 12.1 Å². The lowest BCUT2D eigenvalue weighted by Gasteiger charge is -2.29. The highest BCUT2D eigenvalue weighted by atomic mass is 19.3. The molecule has 0 saturated heterocycles. The van der Waals surface area contributed by atoms with Crippen LogP contribution in [0.3, 0.4) is 0 Å². The van der Waals surface area contributed by atoms with E-state index in [0.29, 0.717) is 18.3 Å². The summed E-state index contributed by atoms with van der Waals surface area (Å²) < 4.78 is 34.6. The molecule has 0 atom stereocenters. The van der Waals surface area contributed by atoms with Crippen molar-refractivity contribution in [1.29, 1.82) is 0 Å². The SMILES string of the molecule is C/C=C/CC[C@H]1CC[C@H](c2ccc(C(F)(F)OCCc3ccc([C@H]4CC[C@H](C)CC4)cc3)cc2)CC1. The van der Waals surface area contributed by atoms with Gasteiger partial charge in [-0.15, -0.1) is 0 Å². The van der Waals surface area contributed by atoms with Gasteiger partial charge in [0.15, 0.2) is 0 Å². The van der Waals surface area contributed by atoms with E-state index in [9.17, 15) is 8.78 Å². The van der Waals surface area contributed by atoms with E-state index in [0.717, 1.165) is 30.2 Å². The minimum Gasteiger partial charge on any atom is -0.316 e. The smallest absolute Gasteiger partial charge is 0.316 e. The first-order chi connectivity index (χ1) is 17.4. The van der Waals surface area contributed by atoms with Crippen molar-refractivity contribution < 1.29 is 13.5 Å². The number of halogens is 2. The summed E-state index contributed by atoms with van der Waals surface area (Å²) in [7, 11) is 0. The van der Waals surface area contributed by atoms with Crippen LogP contribution in [0.25, 0.3) is 0 Å². The van der Waals surface area contributed by atoms with Crippen LogP contribution < -0.4 is 0 Å². The summed E-state index contributed by atoms with van der Waals surface area (Å²) in [6.07, 6.45) is 14.0. The molecule has 0 unspecified atom stereocenters. The van der Waals surface area contributed by atoms with Crippen LogP contribution in [0, 0.1) is 11.8 Å². The number of hydrogen-bond acceptors (Lipinski definition) is 1. The molecule has 2 aromatic carbocycles. The monoisotopic (exact) mass is 494 g/mol. The second-order valence-corrected chi connectivity index (χ2v) is 11.3. The van der Waals surface area contributed by atoms with Crippen molar-refractivity contribution in [3.8, 4) is 0 Å². The molecule has 2 fully saturated rings. The third kappa shape index (κ3) is 7.51. The Hall–Kier alpha value is -2.00. The van der Waals surface area contributed by atoms with Crippen molar-refractivity contribution in [3.05, 3.63) is 82.9 Å². The molecule has 2 aromatic rings. The maximum absolute atomic E-state index is 14.7. The van der Waals surface area contributed by atoms with Crippen LogP contribution in [0.4, 0.5) is 8.78 Å². The molecule has 0 spiro atoms. The van der Waals surface area contributed by atoms with E-state index < -0.39 is 6.11 Å². The predicted octanol–water partition coefficient (Wildman–Crippen LogP) is 9.92. The fraction of sp³-hybridized carbons (Fsp3) is 0.576. The average molecular weight is 495 g/mol. The highest BCUT2D eigenvalue weighted by Crippen LogP contribution is 2.39. The quantitative estimate of drug-likeness (QED) is 0.299. The first kappa shape index (κ1) is 27.0. The molecule has 0 N–H and O–H groups in total. The summed E-state index contributed by atoms with van der Waals surface area (Å²) in [6.45, 7) is 4.42. The van der Waals surface area contributed by atoms with Crippen LogP contribution in [-0.4, -0.2) is 6.61 Å². The zero-order chi connectivity index (χ0) is 25.4. The maximum atomic E-state index is 14.7. The fourth-order valence-corrected chi connectivity index (χ4v) is 6.16. The number of ether oxygens (including phenoxy) is 1. The second kappa shape index (κ2) is 13.0. The van der Waals surface area contributed by atoms with E-state index in [2.05, 4.69) is 50.3 Å². The normalized spacial score (nSPS) is 25.3. The molecular weight excluding hydrogens is 450 g/mol. The lowest BCUT2D eigenvalue weighted by atomic mass is 9.77. The molecular formula is C33H44F2O. The lowest BCUT2D eigenvalue weighted by molar-refractivity contribution is -0.248. The standard InChI is InChI=1S/C33H44F2O/c1-3-4-5-6-26-9-15-30(16-10-26)31-19-21-32(22-20-31)33(34,35)36-24-23-27-11-17-29(18-12-27)28-13-7-25(2)8-14-28/h3-4,11-12,17-22,25-26,28,30H,5-10,13-16,23-24H2,1-2H3/b4-3+/t25-,26-,28-,30-. The molecule has 0 aromatic heterocycles. The summed E-state index contributed by atoms with van der Waals surface area (Å²) in [5, 5.41) is 0. The second-order valence-electron chi connectivity index (χ2n) is 11.3. The first-order valence-corrected chi connectivity index (χ1v) is 14.3. The van der Waals surface area contributed by atoms with Gasteiger partial charge in [-0.2, -0.15) is 8.78 Å². The Labute approximate surface area is 217 Å². The van der Waals surface area contributed by atoms with Gasteiger partial charge in [0.1, 0.15) is 0 Å². The highest BCUT2D eigenvalue weighted by molar-refractivity contribution is 5.28. The van der Waals surface area contributed by atoms with Crippen molar-refractivity contribution in [2.45, 2.75) is 102 Å². The molecule has 2 aliphatic rings. The molecule has 2 aliphatic carbocycles. The lowest BCUT2D eigenvalue weighted by Crippen LogP contribution is -2.20. The summed E-state index contributed by atoms with van der Waals surface area (Å²) >= 11 is 0. The molecule has 0 radical (unpaired) electrons. The largest absolute Gasteiger partial charge is 0.383 e. The van der Waals surface area contributed by atoms with E-state index in [-0.39, 0.29) is 12.2 Å². The van der Waals surface area contributed by atoms with Gasteiger partial charge in [-0.3, -0.25) is 0 Å². The van der Waals surface area contributed by atoms with Gasteiger partial charge in [0.2, 0.25) is 0 Å². The van der Waals surface area contributed by atoms with Crippen molar-refractivity contribution in [1.82, 2.24) is 0 Å². The van der Waals surface area contributed by atoms with Gasteiger partial charge in [0.25, 0.3) is 0 Å². The number of rotatable bonds is 10. The highest BCUT2D eigenvalue weighted by Gasteiger charge is 2.33. The van der Waals surface area contributed by atoms with Crippen LogP contribution in [-0.2, 0) is 17.3 Å². The summed E-state index contributed by atoms with van der Waals surface area (Å²) in [5.74, 6) is 2.79. The Kier molecular flexibility index (Phi) is 9.76. The van der Waals surface area contributed by atoms with Crippen molar-refractivity contribution in [2.24, 2.45) is 11.8 Å². The van der Waals surface area contributed by atoms with Crippen LogP contribution in [0.5, 0.6) is 0 Å². The average Bonchev–Trinajstić information content (AvgIpc) is 2.90. The van der Waals surface area contributed by atoms with Crippen LogP contribution in [0.15, 0.2) is 60.7 Å².